The van der Waals surface area contributed by atoms with Crippen LogP contribution in [-0.4, -0.2) is 33.6 Å². The molecule has 2 aromatic heterocycles. The molecular formula is C23H18N4O3. The molecule has 1 atom stereocenters. The molecule has 0 spiro atoms. The Hall–Kier alpha value is -3.58. The molecule has 3 aliphatic heterocycles. The van der Waals surface area contributed by atoms with E-state index < -0.39 is 0 Å². The number of H-pyrrole nitrogens is 1. The number of ether oxygens (including phenoxy) is 2. The topological polar surface area (TPSA) is 79.5 Å². The molecule has 2 aromatic carbocycles. The summed E-state index contributed by atoms with van der Waals surface area (Å²) < 4.78 is 11.0. The number of para-hydroxylation sites is 1. The first-order valence-electron chi connectivity index (χ1n) is 10.1. The Bertz CT molecular complexity index is 1380. The number of hydrogen-bond acceptors (Lipinski definition) is 5. The maximum atomic E-state index is 13.2. The van der Waals surface area contributed by atoms with E-state index in [-0.39, 0.29) is 18.7 Å². The molecule has 7 nitrogen and oxygen atoms in total. The van der Waals surface area contributed by atoms with Crippen LogP contribution in [0.5, 0.6) is 11.5 Å². The van der Waals surface area contributed by atoms with Crippen LogP contribution in [0.2, 0.25) is 0 Å². The summed E-state index contributed by atoms with van der Waals surface area (Å²) in [6.45, 7) is 1.59. The van der Waals surface area contributed by atoms with Gasteiger partial charge in [0.25, 0.3) is 0 Å². The van der Waals surface area contributed by atoms with Gasteiger partial charge in [0.15, 0.2) is 11.5 Å². The summed E-state index contributed by atoms with van der Waals surface area (Å²) in [6.07, 6.45) is 0.689. The Kier molecular flexibility index (Phi) is 3.10. The zero-order chi connectivity index (χ0) is 19.8. The molecule has 7 heteroatoms. The molecule has 0 bridgehead atoms. The Morgan fingerprint density at radius 3 is 2.87 bits per heavy atom. The van der Waals surface area contributed by atoms with E-state index in [1.165, 1.54) is 16.6 Å². The number of nitrogens with one attached hydrogen (secondary N) is 2. The average Bonchev–Trinajstić information content (AvgIpc) is 3.31. The number of carbonyl (C=O) groups excluding carboxylic acids is 1. The Labute approximate surface area is 171 Å². The highest BCUT2D eigenvalue weighted by molar-refractivity contribution is 5.98. The van der Waals surface area contributed by atoms with E-state index in [0.717, 1.165) is 27.7 Å². The van der Waals surface area contributed by atoms with Crippen LogP contribution in [0.25, 0.3) is 21.8 Å². The molecule has 0 fully saturated rings. The maximum absolute atomic E-state index is 13.2. The number of aromatic nitrogens is 2. The van der Waals surface area contributed by atoms with Gasteiger partial charge in [-0.05, 0) is 30.2 Å². The van der Waals surface area contributed by atoms with Gasteiger partial charge < -0.3 is 19.8 Å². The summed E-state index contributed by atoms with van der Waals surface area (Å²) in [7, 11) is 0. The molecule has 3 aliphatic rings. The predicted octanol–water partition coefficient (Wildman–Crippen LogP) is 3.32. The van der Waals surface area contributed by atoms with Gasteiger partial charge in [-0.1, -0.05) is 18.2 Å². The fourth-order valence-electron chi connectivity index (χ4n) is 4.94. The standard InChI is InChI=1S/C23H18N4O3/c28-23-19-7-15-14-3-1-2-4-16(14)24-18(15)10-27(19)9-13-5-12-6-20-21(30-11-29-20)8-17(12)25-22(13)26-23/h1-6,8,19,24H,7,9-11H2,(H,25,26,28)/t19-/m0/s1. The fraction of sp³-hybridized carbons (Fsp3) is 0.217. The van der Waals surface area contributed by atoms with Crippen molar-refractivity contribution in [3.05, 3.63) is 59.3 Å². The van der Waals surface area contributed by atoms with E-state index in [9.17, 15) is 4.79 Å². The number of aromatic amines is 1. The molecule has 148 valence electrons. The molecule has 1 amide bonds. The van der Waals surface area contributed by atoms with Crippen molar-refractivity contribution in [3.63, 3.8) is 0 Å². The summed E-state index contributed by atoms with van der Waals surface area (Å²) >= 11 is 0. The van der Waals surface area contributed by atoms with E-state index >= 15 is 0 Å². The monoisotopic (exact) mass is 398 g/mol. The van der Waals surface area contributed by atoms with Crippen LogP contribution < -0.4 is 14.8 Å². The lowest BCUT2D eigenvalue weighted by atomic mass is 9.96. The summed E-state index contributed by atoms with van der Waals surface area (Å²) in [6, 6.07) is 14.0. The molecule has 2 N–H and O–H groups in total. The SMILES string of the molecule is O=C1Nc2nc3cc4c(cc3cc2CN2Cc3[nH]c5ccccc5c3C[C@@H]12)OCO4. The first-order chi connectivity index (χ1) is 14.7. The van der Waals surface area contributed by atoms with E-state index in [0.29, 0.717) is 31.1 Å². The second kappa shape index (κ2) is 5.73. The van der Waals surface area contributed by atoms with Crippen molar-refractivity contribution < 1.29 is 14.3 Å². The number of rotatable bonds is 0. The molecule has 5 heterocycles. The number of amides is 1. The number of fused-ring (bicyclic) bond motifs is 7. The zero-order valence-corrected chi connectivity index (χ0v) is 16.1. The number of nitrogens with zero attached hydrogens (tertiary/aromatic N) is 2. The number of anilines is 1. The summed E-state index contributed by atoms with van der Waals surface area (Å²) in [5, 5.41) is 5.27. The lowest BCUT2D eigenvalue weighted by Gasteiger charge is -2.32. The largest absolute Gasteiger partial charge is 0.454 e. The summed E-state index contributed by atoms with van der Waals surface area (Å²) in [4.78, 5) is 23.7. The highest BCUT2D eigenvalue weighted by Crippen LogP contribution is 2.38. The van der Waals surface area contributed by atoms with E-state index in [4.69, 9.17) is 14.5 Å². The van der Waals surface area contributed by atoms with Crippen LogP contribution in [0.1, 0.15) is 16.8 Å². The van der Waals surface area contributed by atoms with Crippen molar-refractivity contribution in [2.75, 3.05) is 12.1 Å². The number of pyridine rings is 1. The van der Waals surface area contributed by atoms with E-state index in [2.05, 4.69) is 33.4 Å². The van der Waals surface area contributed by atoms with Crippen molar-refractivity contribution in [2.24, 2.45) is 0 Å². The molecule has 0 aliphatic carbocycles. The van der Waals surface area contributed by atoms with Crippen molar-refractivity contribution in [1.29, 1.82) is 0 Å². The Morgan fingerprint density at radius 1 is 1.07 bits per heavy atom. The second-order valence-electron chi connectivity index (χ2n) is 8.14. The Balaban J connectivity index is 1.32. The van der Waals surface area contributed by atoms with Crippen molar-refractivity contribution >= 4 is 33.5 Å². The highest BCUT2D eigenvalue weighted by Gasteiger charge is 2.36. The molecule has 0 radical (unpaired) electrons. The first kappa shape index (κ1) is 16.2. The number of carbonyl (C=O) groups is 1. The minimum atomic E-state index is -0.217. The number of hydrogen-bond donors (Lipinski definition) is 2. The van der Waals surface area contributed by atoms with E-state index in [1.807, 2.05) is 24.3 Å². The summed E-state index contributed by atoms with van der Waals surface area (Å²) in [5.41, 5.74) is 5.37. The molecular weight excluding hydrogens is 380 g/mol. The third-order valence-electron chi connectivity index (χ3n) is 6.41. The quantitative estimate of drug-likeness (QED) is 0.475. The van der Waals surface area contributed by atoms with Crippen LogP contribution in [0.4, 0.5) is 5.82 Å². The first-order valence-corrected chi connectivity index (χ1v) is 10.1. The van der Waals surface area contributed by atoms with Crippen LogP contribution in [0.3, 0.4) is 0 Å². The van der Waals surface area contributed by atoms with Gasteiger partial charge >= 0.3 is 0 Å². The van der Waals surface area contributed by atoms with Gasteiger partial charge in [0.1, 0.15) is 5.82 Å². The van der Waals surface area contributed by atoms with Crippen molar-refractivity contribution in [1.82, 2.24) is 14.9 Å². The van der Waals surface area contributed by atoms with Crippen LogP contribution in [-0.2, 0) is 24.3 Å². The third kappa shape index (κ3) is 2.23. The highest BCUT2D eigenvalue weighted by atomic mass is 16.7. The van der Waals surface area contributed by atoms with E-state index in [1.54, 1.807) is 0 Å². The Morgan fingerprint density at radius 2 is 1.93 bits per heavy atom. The van der Waals surface area contributed by atoms with Gasteiger partial charge in [0.2, 0.25) is 12.7 Å². The molecule has 0 saturated heterocycles. The fourth-order valence-corrected chi connectivity index (χ4v) is 4.94. The molecule has 4 aromatic rings. The normalized spacial score (nSPS) is 19.9. The number of benzene rings is 2. The van der Waals surface area contributed by atoms with Gasteiger partial charge in [-0.2, -0.15) is 0 Å². The lowest BCUT2D eigenvalue weighted by molar-refractivity contribution is -0.121. The smallest absolute Gasteiger partial charge is 0.243 e. The molecule has 0 unspecified atom stereocenters. The van der Waals surface area contributed by atoms with Gasteiger partial charge in [-0.25, -0.2) is 4.98 Å². The van der Waals surface area contributed by atoms with Crippen LogP contribution in [0, 0.1) is 0 Å². The third-order valence-corrected chi connectivity index (χ3v) is 6.41. The maximum Gasteiger partial charge on any atom is 0.243 e. The van der Waals surface area contributed by atoms with Crippen LogP contribution >= 0.6 is 0 Å². The lowest BCUT2D eigenvalue weighted by Crippen LogP contribution is -2.45. The summed E-state index contributed by atoms with van der Waals surface area (Å²) in [5.74, 6) is 2.06. The zero-order valence-electron chi connectivity index (χ0n) is 16.1. The average molecular weight is 398 g/mol. The van der Waals surface area contributed by atoms with Crippen molar-refractivity contribution in [2.45, 2.75) is 25.6 Å². The minimum Gasteiger partial charge on any atom is -0.454 e. The van der Waals surface area contributed by atoms with Gasteiger partial charge in [0, 0.05) is 46.7 Å². The molecule has 7 rings (SSSR count). The minimum absolute atomic E-state index is 0.00252. The molecule has 0 saturated carbocycles. The predicted molar refractivity (Wildman–Crippen MR) is 112 cm³/mol. The van der Waals surface area contributed by atoms with Gasteiger partial charge in [-0.3, -0.25) is 9.69 Å². The molecule has 30 heavy (non-hydrogen) atoms. The van der Waals surface area contributed by atoms with Crippen molar-refractivity contribution in [3.8, 4) is 11.5 Å². The van der Waals surface area contributed by atoms with Gasteiger partial charge in [0.05, 0.1) is 11.6 Å². The van der Waals surface area contributed by atoms with Crippen LogP contribution in [0.15, 0.2) is 42.5 Å². The second-order valence-corrected chi connectivity index (χ2v) is 8.14. The van der Waals surface area contributed by atoms with Gasteiger partial charge in [-0.15, -0.1) is 0 Å².